The molecule has 0 aromatic carbocycles. The van der Waals surface area contributed by atoms with Crippen LogP contribution in [0.4, 0.5) is 0 Å². The van der Waals surface area contributed by atoms with Crippen molar-refractivity contribution >= 4 is 17.7 Å². The molecule has 4 nitrogen and oxygen atoms in total. The Kier molecular flexibility index (Phi) is 6.47. The van der Waals surface area contributed by atoms with Gasteiger partial charge in [-0.25, -0.2) is 0 Å². The van der Waals surface area contributed by atoms with Crippen molar-refractivity contribution in [3.63, 3.8) is 0 Å². The number of hydrogen-bond donors (Lipinski definition) is 0. The standard InChI is InChI=1S/C14H26N2O2S/c1-13-2-4-16(5-3-13)14(17)12-19-11-8-15-6-9-18-10-7-15/h13H,2-12H2,1H3. The van der Waals surface area contributed by atoms with E-state index in [1.54, 1.807) is 11.8 Å². The van der Waals surface area contributed by atoms with E-state index in [0.29, 0.717) is 11.7 Å². The highest BCUT2D eigenvalue weighted by molar-refractivity contribution is 7.99. The summed E-state index contributed by atoms with van der Waals surface area (Å²) >= 11 is 1.78. The number of nitrogens with zero attached hydrogens (tertiary/aromatic N) is 2. The van der Waals surface area contributed by atoms with E-state index in [1.165, 1.54) is 12.8 Å². The normalized spacial score (nSPS) is 22.7. The van der Waals surface area contributed by atoms with Crippen LogP contribution in [0.2, 0.25) is 0 Å². The molecule has 0 aromatic heterocycles. The van der Waals surface area contributed by atoms with Crippen molar-refractivity contribution in [2.45, 2.75) is 19.8 Å². The van der Waals surface area contributed by atoms with Gasteiger partial charge in [0.1, 0.15) is 0 Å². The Labute approximate surface area is 120 Å². The number of carbonyl (C=O) groups is 1. The molecular weight excluding hydrogens is 260 g/mol. The molecule has 5 heteroatoms. The van der Waals surface area contributed by atoms with Gasteiger partial charge in [-0.3, -0.25) is 9.69 Å². The van der Waals surface area contributed by atoms with E-state index in [2.05, 4.69) is 11.8 Å². The van der Waals surface area contributed by atoms with Gasteiger partial charge < -0.3 is 9.64 Å². The molecule has 0 atom stereocenters. The molecule has 2 fully saturated rings. The fraction of sp³-hybridized carbons (Fsp3) is 0.929. The average Bonchev–Trinajstić information content (AvgIpc) is 2.45. The van der Waals surface area contributed by atoms with Crippen LogP contribution in [0.3, 0.4) is 0 Å². The molecule has 2 rings (SSSR count). The van der Waals surface area contributed by atoms with Crippen LogP contribution in [0.1, 0.15) is 19.8 Å². The van der Waals surface area contributed by atoms with Crippen LogP contribution in [0.25, 0.3) is 0 Å². The Balaban J connectivity index is 1.53. The lowest BCUT2D eigenvalue weighted by Gasteiger charge is -2.30. The molecule has 2 aliphatic heterocycles. The van der Waals surface area contributed by atoms with Gasteiger partial charge in [0.2, 0.25) is 5.91 Å². The lowest BCUT2D eigenvalue weighted by molar-refractivity contribution is -0.129. The third kappa shape index (κ3) is 5.32. The van der Waals surface area contributed by atoms with Gasteiger partial charge in [-0.2, -0.15) is 11.8 Å². The Hall–Kier alpha value is -0.260. The third-order valence-electron chi connectivity index (χ3n) is 4.02. The number of amides is 1. The number of morpholine rings is 1. The largest absolute Gasteiger partial charge is 0.379 e. The van der Waals surface area contributed by atoms with Crippen molar-refractivity contribution in [1.82, 2.24) is 9.80 Å². The average molecular weight is 286 g/mol. The highest BCUT2D eigenvalue weighted by atomic mass is 32.2. The lowest BCUT2D eigenvalue weighted by Crippen LogP contribution is -2.39. The smallest absolute Gasteiger partial charge is 0.232 e. The van der Waals surface area contributed by atoms with E-state index < -0.39 is 0 Å². The number of carbonyl (C=O) groups excluding carboxylic acids is 1. The number of rotatable bonds is 5. The van der Waals surface area contributed by atoms with Crippen LogP contribution in [0.15, 0.2) is 0 Å². The Bertz CT molecular complexity index is 275. The molecule has 0 radical (unpaired) electrons. The van der Waals surface area contributed by atoms with Crippen LogP contribution >= 0.6 is 11.8 Å². The maximum atomic E-state index is 12.0. The first kappa shape index (κ1) is 15.1. The summed E-state index contributed by atoms with van der Waals surface area (Å²) in [7, 11) is 0. The quantitative estimate of drug-likeness (QED) is 0.714. The zero-order valence-corrected chi connectivity index (χ0v) is 12.8. The van der Waals surface area contributed by atoms with Crippen molar-refractivity contribution in [2.24, 2.45) is 5.92 Å². The molecule has 2 aliphatic rings. The van der Waals surface area contributed by atoms with Crippen LogP contribution in [0.5, 0.6) is 0 Å². The van der Waals surface area contributed by atoms with Crippen molar-refractivity contribution in [1.29, 1.82) is 0 Å². The predicted molar refractivity (Wildman–Crippen MR) is 79.6 cm³/mol. The van der Waals surface area contributed by atoms with Gasteiger partial charge in [0.25, 0.3) is 0 Å². The topological polar surface area (TPSA) is 32.8 Å². The summed E-state index contributed by atoms with van der Waals surface area (Å²) in [6.07, 6.45) is 2.34. The molecule has 0 unspecified atom stereocenters. The van der Waals surface area contributed by atoms with E-state index >= 15 is 0 Å². The summed E-state index contributed by atoms with van der Waals surface area (Å²) in [4.78, 5) is 16.5. The summed E-state index contributed by atoms with van der Waals surface area (Å²) in [6.45, 7) is 9.08. The molecular formula is C14H26N2O2S. The second-order valence-electron chi connectivity index (χ2n) is 5.57. The molecule has 1 amide bonds. The van der Waals surface area contributed by atoms with Crippen LogP contribution in [0, 0.1) is 5.92 Å². The minimum Gasteiger partial charge on any atom is -0.379 e. The third-order valence-corrected chi connectivity index (χ3v) is 4.94. The molecule has 0 aromatic rings. The molecule has 2 saturated heterocycles. The van der Waals surface area contributed by atoms with Gasteiger partial charge in [0.05, 0.1) is 19.0 Å². The van der Waals surface area contributed by atoms with Gasteiger partial charge >= 0.3 is 0 Å². The highest BCUT2D eigenvalue weighted by Gasteiger charge is 2.20. The monoisotopic (exact) mass is 286 g/mol. The van der Waals surface area contributed by atoms with Crippen LogP contribution in [-0.4, -0.2) is 73.2 Å². The van der Waals surface area contributed by atoms with E-state index in [9.17, 15) is 4.79 Å². The molecule has 0 aliphatic carbocycles. The van der Waals surface area contributed by atoms with Crippen molar-refractivity contribution in [3.05, 3.63) is 0 Å². The lowest BCUT2D eigenvalue weighted by atomic mass is 9.99. The summed E-state index contributed by atoms with van der Waals surface area (Å²) < 4.78 is 5.32. The van der Waals surface area contributed by atoms with Gasteiger partial charge in [-0.05, 0) is 18.8 Å². The number of likely N-dealkylation sites (tertiary alicyclic amines) is 1. The first-order valence-electron chi connectivity index (χ1n) is 7.41. The van der Waals surface area contributed by atoms with Gasteiger partial charge in [0, 0.05) is 38.5 Å². The van der Waals surface area contributed by atoms with E-state index in [4.69, 9.17) is 4.74 Å². The zero-order chi connectivity index (χ0) is 13.5. The Morgan fingerprint density at radius 2 is 1.89 bits per heavy atom. The van der Waals surface area contributed by atoms with Crippen LogP contribution in [-0.2, 0) is 9.53 Å². The van der Waals surface area contributed by atoms with E-state index in [0.717, 1.165) is 57.6 Å². The number of hydrogen-bond acceptors (Lipinski definition) is 4. The number of piperidine rings is 1. The molecule has 0 N–H and O–H groups in total. The maximum absolute atomic E-state index is 12.0. The molecule has 110 valence electrons. The maximum Gasteiger partial charge on any atom is 0.232 e. The Morgan fingerprint density at radius 1 is 1.21 bits per heavy atom. The van der Waals surface area contributed by atoms with Gasteiger partial charge in [0.15, 0.2) is 0 Å². The zero-order valence-electron chi connectivity index (χ0n) is 12.0. The minimum absolute atomic E-state index is 0.332. The second-order valence-corrected chi connectivity index (χ2v) is 6.68. The van der Waals surface area contributed by atoms with Crippen LogP contribution < -0.4 is 0 Å². The minimum atomic E-state index is 0.332. The van der Waals surface area contributed by atoms with Crippen molar-refractivity contribution in [3.8, 4) is 0 Å². The highest BCUT2D eigenvalue weighted by Crippen LogP contribution is 2.17. The molecule has 19 heavy (non-hydrogen) atoms. The van der Waals surface area contributed by atoms with E-state index in [-0.39, 0.29) is 0 Å². The fourth-order valence-electron chi connectivity index (χ4n) is 2.53. The predicted octanol–water partition coefficient (Wildman–Crippen LogP) is 1.31. The first-order chi connectivity index (χ1) is 9.25. The second kappa shape index (κ2) is 8.12. The number of thioether (sulfide) groups is 1. The first-order valence-corrected chi connectivity index (χ1v) is 8.57. The fourth-order valence-corrected chi connectivity index (χ4v) is 3.42. The van der Waals surface area contributed by atoms with Gasteiger partial charge in [-0.15, -0.1) is 0 Å². The molecule has 0 saturated carbocycles. The summed E-state index contributed by atoms with van der Waals surface area (Å²) in [5.74, 6) is 2.83. The molecule has 0 bridgehead atoms. The number of ether oxygens (including phenoxy) is 1. The molecule has 2 heterocycles. The van der Waals surface area contributed by atoms with Crippen molar-refractivity contribution < 1.29 is 9.53 Å². The summed E-state index contributed by atoms with van der Waals surface area (Å²) in [6, 6.07) is 0. The van der Waals surface area contributed by atoms with E-state index in [1.807, 2.05) is 4.90 Å². The van der Waals surface area contributed by atoms with Crippen molar-refractivity contribution in [2.75, 3.05) is 57.4 Å². The summed E-state index contributed by atoms with van der Waals surface area (Å²) in [5, 5.41) is 0. The molecule has 0 spiro atoms. The summed E-state index contributed by atoms with van der Waals surface area (Å²) in [5.41, 5.74) is 0. The Morgan fingerprint density at radius 3 is 2.58 bits per heavy atom. The SMILES string of the molecule is CC1CCN(C(=O)CSCCN2CCOCC2)CC1. The van der Waals surface area contributed by atoms with Gasteiger partial charge in [-0.1, -0.05) is 6.92 Å².